The van der Waals surface area contributed by atoms with Crippen LogP contribution in [0.3, 0.4) is 0 Å². The summed E-state index contributed by atoms with van der Waals surface area (Å²) in [5, 5.41) is 30.5. The van der Waals surface area contributed by atoms with Crippen LogP contribution in [0.1, 0.15) is 71.9 Å². The predicted molar refractivity (Wildman–Crippen MR) is 161 cm³/mol. The number of nitrogens with zero attached hydrogens (tertiary/aromatic N) is 1. The molecule has 0 heterocycles. The number of carbonyl (C=O) groups excluding carboxylic acids is 3. The molecule has 0 radical (unpaired) electrons. The fourth-order valence-electron chi connectivity index (χ4n) is 4.40. The summed E-state index contributed by atoms with van der Waals surface area (Å²) in [6.45, 7) is 12.9. The fourth-order valence-corrected chi connectivity index (χ4v) is 4.87. The Hall–Kier alpha value is -3.48. The van der Waals surface area contributed by atoms with E-state index in [0.29, 0.717) is 18.4 Å². The molecule has 0 spiro atoms. The van der Waals surface area contributed by atoms with Crippen molar-refractivity contribution in [2.45, 2.75) is 92.3 Å². The minimum Gasteiger partial charge on any atom is -0.502 e. The summed E-state index contributed by atoms with van der Waals surface area (Å²) in [5.74, 6) is -1.86. The lowest BCUT2D eigenvalue weighted by atomic mass is 9.98. The van der Waals surface area contributed by atoms with E-state index in [-0.39, 0.29) is 36.2 Å². The number of hydrogen-bond donors (Lipinski definition) is 4. The molecule has 1 aromatic rings. The molecular formula is C29H46N4O8S. The third kappa shape index (κ3) is 13.5. The smallest absolute Gasteiger partial charge is 0.311 e. The van der Waals surface area contributed by atoms with Crippen LogP contribution in [0.15, 0.2) is 23.6 Å². The summed E-state index contributed by atoms with van der Waals surface area (Å²) in [7, 11) is -3.40. The van der Waals surface area contributed by atoms with Crippen molar-refractivity contribution in [3.05, 3.63) is 44.9 Å². The van der Waals surface area contributed by atoms with E-state index in [1.807, 2.05) is 41.5 Å². The molecule has 0 aliphatic carbocycles. The number of aryl methyl sites for hydroxylation is 1. The van der Waals surface area contributed by atoms with Crippen molar-refractivity contribution in [3.63, 3.8) is 0 Å². The van der Waals surface area contributed by atoms with Crippen molar-refractivity contribution in [2.75, 3.05) is 6.26 Å². The Morgan fingerprint density at radius 2 is 1.40 bits per heavy atom. The van der Waals surface area contributed by atoms with Crippen molar-refractivity contribution < 1.29 is 32.8 Å². The van der Waals surface area contributed by atoms with Gasteiger partial charge in [-0.25, -0.2) is 8.42 Å². The van der Waals surface area contributed by atoms with Crippen molar-refractivity contribution in [1.82, 2.24) is 16.0 Å². The van der Waals surface area contributed by atoms with E-state index in [1.165, 1.54) is 19.1 Å². The molecule has 236 valence electrons. The summed E-state index contributed by atoms with van der Waals surface area (Å²) >= 11 is 0. The standard InChI is InChI=1S/C29H46N4O8S/c1-17(2)11-22(9-10-42(8,40)41)30-28(36)24(13-19(5)6)32-29(37)23(12-18(3)4)31-26(34)16-21-14-20(7)27(35)25(15-21)33(38)39/h9-10,14-15,17-19,22-24,35H,11-13,16H2,1-8H3,(H,30,36)(H,31,34)(H,32,37)/b10-9+/t22?,23?,24-/m0/s1. The summed E-state index contributed by atoms with van der Waals surface area (Å²) in [5.41, 5.74) is 0.0285. The van der Waals surface area contributed by atoms with Gasteiger partial charge in [-0.15, -0.1) is 0 Å². The Bertz CT molecular complexity index is 1260. The highest BCUT2D eigenvalue weighted by molar-refractivity contribution is 7.93. The number of phenols is 1. The maximum atomic E-state index is 13.4. The van der Waals surface area contributed by atoms with Crippen LogP contribution in [0.25, 0.3) is 0 Å². The molecule has 12 nitrogen and oxygen atoms in total. The van der Waals surface area contributed by atoms with Gasteiger partial charge in [0.2, 0.25) is 17.7 Å². The second-order valence-corrected chi connectivity index (χ2v) is 14.0. The van der Waals surface area contributed by atoms with Crippen molar-refractivity contribution in [2.24, 2.45) is 17.8 Å². The molecule has 0 aromatic heterocycles. The van der Waals surface area contributed by atoms with Crippen LogP contribution in [-0.4, -0.2) is 60.6 Å². The summed E-state index contributed by atoms with van der Waals surface area (Å²) in [6.07, 6.45) is 3.30. The number of amides is 3. The summed E-state index contributed by atoms with van der Waals surface area (Å²) in [6, 6.07) is 0.1000. The van der Waals surface area contributed by atoms with Gasteiger partial charge in [-0.1, -0.05) is 53.7 Å². The highest BCUT2D eigenvalue weighted by Crippen LogP contribution is 2.30. The molecular weight excluding hydrogens is 564 g/mol. The van der Waals surface area contributed by atoms with Gasteiger partial charge in [0, 0.05) is 23.8 Å². The van der Waals surface area contributed by atoms with Crippen LogP contribution in [0.5, 0.6) is 5.75 Å². The largest absolute Gasteiger partial charge is 0.502 e. The van der Waals surface area contributed by atoms with Crippen LogP contribution in [0.4, 0.5) is 5.69 Å². The summed E-state index contributed by atoms with van der Waals surface area (Å²) in [4.78, 5) is 50.2. The number of nitro benzene ring substituents is 1. The lowest BCUT2D eigenvalue weighted by Gasteiger charge is -2.27. The predicted octanol–water partition coefficient (Wildman–Crippen LogP) is 3.30. The van der Waals surface area contributed by atoms with Crippen LogP contribution in [0.2, 0.25) is 0 Å². The van der Waals surface area contributed by atoms with Gasteiger partial charge in [-0.3, -0.25) is 24.5 Å². The van der Waals surface area contributed by atoms with Crippen LogP contribution >= 0.6 is 0 Å². The number of nitro groups is 1. The second kappa shape index (κ2) is 16.2. The van der Waals surface area contributed by atoms with Gasteiger partial charge in [0.1, 0.15) is 12.1 Å². The summed E-state index contributed by atoms with van der Waals surface area (Å²) < 4.78 is 23.3. The van der Waals surface area contributed by atoms with E-state index in [2.05, 4.69) is 16.0 Å². The lowest BCUT2D eigenvalue weighted by Crippen LogP contribution is -2.55. The van der Waals surface area contributed by atoms with Crippen LogP contribution in [0, 0.1) is 34.8 Å². The van der Waals surface area contributed by atoms with Gasteiger partial charge in [0.15, 0.2) is 15.6 Å². The van der Waals surface area contributed by atoms with E-state index in [4.69, 9.17) is 0 Å². The SMILES string of the molecule is Cc1cc(CC(=O)NC(CC(C)C)C(=O)N[C@@H](CC(C)C)C(=O)NC(/C=C/S(C)(=O)=O)CC(C)C)cc([N+](=O)[O-])c1O. The molecule has 0 aliphatic heterocycles. The molecule has 0 saturated heterocycles. The van der Waals surface area contributed by atoms with E-state index in [0.717, 1.165) is 17.7 Å². The number of rotatable bonds is 16. The van der Waals surface area contributed by atoms with E-state index in [9.17, 15) is 38.0 Å². The second-order valence-electron chi connectivity index (χ2n) is 12.1. The van der Waals surface area contributed by atoms with Crippen LogP contribution < -0.4 is 16.0 Å². The highest BCUT2D eigenvalue weighted by atomic mass is 32.2. The molecule has 3 atom stereocenters. The van der Waals surface area contributed by atoms with Crippen LogP contribution in [-0.2, 0) is 30.6 Å². The van der Waals surface area contributed by atoms with Gasteiger partial charge in [-0.2, -0.15) is 0 Å². The number of hydrogen-bond acceptors (Lipinski definition) is 8. The number of nitrogens with one attached hydrogen (secondary N) is 3. The first-order valence-electron chi connectivity index (χ1n) is 14.0. The van der Waals surface area contributed by atoms with E-state index < -0.39 is 62.0 Å². The molecule has 42 heavy (non-hydrogen) atoms. The zero-order valence-corrected chi connectivity index (χ0v) is 26.6. The first kappa shape index (κ1) is 36.5. The third-order valence-corrected chi connectivity index (χ3v) is 6.86. The maximum absolute atomic E-state index is 13.4. The average molecular weight is 611 g/mol. The molecule has 0 saturated carbocycles. The Morgan fingerprint density at radius 3 is 1.88 bits per heavy atom. The van der Waals surface area contributed by atoms with Crippen molar-refractivity contribution in [3.8, 4) is 5.75 Å². The Balaban J connectivity index is 3.14. The highest BCUT2D eigenvalue weighted by Gasteiger charge is 2.29. The van der Waals surface area contributed by atoms with Gasteiger partial charge < -0.3 is 21.1 Å². The zero-order valence-electron chi connectivity index (χ0n) is 25.8. The Labute approximate surface area is 248 Å². The Morgan fingerprint density at radius 1 is 0.905 bits per heavy atom. The number of phenolic OH excluding ortho intramolecular Hbond substituents is 1. The van der Waals surface area contributed by atoms with E-state index in [1.54, 1.807) is 0 Å². The molecule has 4 N–H and O–H groups in total. The third-order valence-electron chi connectivity index (χ3n) is 6.21. The number of sulfone groups is 1. The molecule has 2 unspecified atom stereocenters. The molecule has 1 rings (SSSR count). The minimum atomic E-state index is -3.40. The van der Waals surface area contributed by atoms with E-state index >= 15 is 0 Å². The number of benzene rings is 1. The normalized spacial score (nSPS) is 14.2. The minimum absolute atomic E-state index is 0.00646. The molecule has 1 aromatic carbocycles. The topological polar surface area (TPSA) is 185 Å². The number of aromatic hydroxyl groups is 1. The first-order valence-corrected chi connectivity index (χ1v) is 16.0. The maximum Gasteiger partial charge on any atom is 0.311 e. The van der Waals surface area contributed by atoms with Crippen molar-refractivity contribution >= 4 is 33.2 Å². The molecule has 0 fully saturated rings. The van der Waals surface area contributed by atoms with Gasteiger partial charge >= 0.3 is 5.69 Å². The zero-order chi connectivity index (χ0) is 32.4. The van der Waals surface area contributed by atoms with Gasteiger partial charge in [-0.05, 0) is 55.1 Å². The fraction of sp³-hybridized carbons (Fsp3) is 0.621. The average Bonchev–Trinajstić information content (AvgIpc) is 2.82. The monoisotopic (exact) mass is 610 g/mol. The molecule has 13 heteroatoms. The Kier molecular flexibility index (Phi) is 14.1. The molecule has 0 aliphatic rings. The van der Waals surface area contributed by atoms with Gasteiger partial charge in [0.05, 0.1) is 11.3 Å². The lowest BCUT2D eigenvalue weighted by molar-refractivity contribution is -0.386. The van der Waals surface area contributed by atoms with Crippen molar-refractivity contribution in [1.29, 1.82) is 0 Å². The number of carbonyl (C=O) groups is 3. The molecule has 3 amide bonds. The molecule has 0 bridgehead atoms. The quantitative estimate of drug-likeness (QED) is 0.162. The van der Waals surface area contributed by atoms with Gasteiger partial charge in [0.25, 0.3) is 0 Å². The first-order chi connectivity index (χ1) is 19.3.